The molecular formula is C23H27N3O5. The number of nitrogens with one attached hydrogen (secondary N) is 2. The molecule has 3 rings (SSSR count). The molecule has 0 aliphatic carbocycles. The molecule has 2 aromatic carbocycles. The first-order valence-electron chi connectivity index (χ1n) is 10.2. The number of amides is 3. The minimum absolute atomic E-state index is 0.0598. The largest absolute Gasteiger partial charge is 0.493 e. The monoisotopic (exact) mass is 425 g/mol. The SMILES string of the molecule is COc1cc(NC(=O)CCNC(=O)c2ccccc2)c(C(=O)N2CCCC2)cc1OC. The van der Waals surface area contributed by atoms with Crippen molar-refractivity contribution in [1.82, 2.24) is 10.2 Å². The van der Waals surface area contributed by atoms with Crippen molar-refractivity contribution < 1.29 is 23.9 Å². The quantitative estimate of drug-likeness (QED) is 0.678. The van der Waals surface area contributed by atoms with Crippen molar-refractivity contribution in [3.8, 4) is 11.5 Å². The van der Waals surface area contributed by atoms with E-state index in [0.29, 0.717) is 41.4 Å². The standard InChI is InChI=1S/C23H27N3O5/c1-30-19-14-17(23(29)26-12-6-7-13-26)18(15-20(19)31-2)25-21(27)10-11-24-22(28)16-8-4-3-5-9-16/h3-5,8-9,14-15H,6-7,10-13H2,1-2H3,(H,24,28)(H,25,27). The summed E-state index contributed by atoms with van der Waals surface area (Å²) in [6, 6.07) is 12.0. The summed E-state index contributed by atoms with van der Waals surface area (Å²) < 4.78 is 10.6. The second-order valence-corrected chi connectivity index (χ2v) is 7.17. The molecule has 2 aromatic rings. The molecule has 31 heavy (non-hydrogen) atoms. The summed E-state index contributed by atoms with van der Waals surface area (Å²) in [4.78, 5) is 39.4. The second kappa shape index (κ2) is 10.5. The highest BCUT2D eigenvalue weighted by Gasteiger charge is 2.25. The average molecular weight is 425 g/mol. The molecule has 0 aromatic heterocycles. The minimum Gasteiger partial charge on any atom is -0.493 e. The van der Waals surface area contributed by atoms with E-state index in [1.165, 1.54) is 14.2 Å². The van der Waals surface area contributed by atoms with E-state index in [2.05, 4.69) is 10.6 Å². The first-order chi connectivity index (χ1) is 15.0. The zero-order valence-corrected chi connectivity index (χ0v) is 17.8. The van der Waals surface area contributed by atoms with Crippen molar-refractivity contribution in [2.45, 2.75) is 19.3 Å². The fourth-order valence-corrected chi connectivity index (χ4v) is 3.44. The predicted octanol–water partition coefficient (Wildman–Crippen LogP) is 2.70. The van der Waals surface area contributed by atoms with Crippen LogP contribution in [-0.4, -0.2) is 56.5 Å². The van der Waals surface area contributed by atoms with E-state index in [-0.39, 0.29) is 30.7 Å². The van der Waals surface area contributed by atoms with Crippen LogP contribution in [0.2, 0.25) is 0 Å². The summed E-state index contributed by atoms with van der Waals surface area (Å²) in [7, 11) is 2.99. The van der Waals surface area contributed by atoms with Gasteiger partial charge >= 0.3 is 0 Å². The summed E-state index contributed by atoms with van der Waals surface area (Å²) >= 11 is 0. The zero-order valence-electron chi connectivity index (χ0n) is 17.8. The number of nitrogens with zero attached hydrogens (tertiary/aromatic N) is 1. The molecule has 8 heteroatoms. The van der Waals surface area contributed by atoms with Gasteiger partial charge in [0.1, 0.15) is 0 Å². The van der Waals surface area contributed by atoms with Gasteiger partial charge in [-0.05, 0) is 31.0 Å². The van der Waals surface area contributed by atoms with E-state index >= 15 is 0 Å². The van der Waals surface area contributed by atoms with Gasteiger partial charge in [0.15, 0.2) is 11.5 Å². The summed E-state index contributed by atoms with van der Waals surface area (Å²) in [5, 5.41) is 5.50. The van der Waals surface area contributed by atoms with Crippen LogP contribution in [-0.2, 0) is 4.79 Å². The third-order valence-electron chi connectivity index (χ3n) is 5.10. The van der Waals surface area contributed by atoms with Gasteiger partial charge in [-0.25, -0.2) is 0 Å². The first kappa shape index (κ1) is 22.1. The molecule has 1 heterocycles. The van der Waals surface area contributed by atoms with Gasteiger partial charge in [-0.15, -0.1) is 0 Å². The summed E-state index contributed by atoms with van der Waals surface area (Å²) in [5.74, 6) is 0.0953. The van der Waals surface area contributed by atoms with E-state index in [4.69, 9.17) is 9.47 Å². The molecule has 1 saturated heterocycles. The van der Waals surface area contributed by atoms with E-state index in [1.807, 2.05) is 6.07 Å². The lowest BCUT2D eigenvalue weighted by Gasteiger charge is -2.20. The van der Waals surface area contributed by atoms with Gasteiger partial charge in [0.05, 0.1) is 25.5 Å². The number of likely N-dealkylation sites (tertiary alicyclic amines) is 1. The Kier molecular flexibility index (Phi) is 7.48. The molecule has 3 amide bonds. The van der Waals surface area contributed by atoms with Crippen LogP contribution in [0.3, 0.4) is 0 Å². The van der Waals surface area contributed by atoms with Crippen molar-refractivity contribution in [3.63, 3.8) is 0 Å². The van der Waals surface area contributed by atoms with Gasteiger partial charge in [-0.1, -0.05) is 18.2 Å². The summed E-state index contributed by atoms with van der Waals surface area (Å²) in [6.45, 7) is 1.54. The Morgan fingerprint density at radius 1 is 0.968 bits per heavy atom. The fourth-order valence-electron chi connectivity index (χ4n) is 3.44. The Morgan fingerprint density at radius 3 is 2.26 bits per heavy atom. The molecular weight excluding hydrogens is 398 g/mol. The molecule has 0 bridgehead atoms. The van der Waals surface area contributed by atoms with Crippen LogP contribution in [0.1, 0.15) is 40.0 Å². The molecule has 8 nitrogen and oxygen atoms in total. The maximum Gasteiger partial charge on any atom is 0.256 e. The van der Waals surface area contributed by atoms with Crippen LogP contribution >= 0.6 is 0 Å². The predicted molar refractivity (Wildman–Crippen MR) is 117 cm³/mol. The minimum atomic E-state index is -0.323. The Balaban J connectivity index is 1.69. The van der Waals surface area contributed by atoms with Gasteiger partial charge in [-0.2, -0.15) is 0 Å². The molecule has 1 aliphatic heterocycles. The molecule has 0 radical (unpaired) electrons. The van der Waals surface area contributed by atoms with E-state index in [9.17, 15) is 14.4 Å². The number of methoxy groups -OCH3 is 2. The molecule has 1 fully saturated rings. The van der Waals surface area contributed by atoms with Crippen molar-refractivity contribution >= 4 is 23.4 Å². The zero-order chi connectivity index (χ0) is 22.2. The highest BCUT2D eigenvalue weighted by molar-refractivity contribution is 6.05. The topological polar surface area (TPSA) is 97.0 Å². The number of carbonyl (C=O) groups excluding carboxylic acids is 3. The molecule has 164 valence electrons. The van der Waals surface area contributed by atoms with E-state index < -0.39 is 0 Å². The van der Waals surface area contributed by atoms with Gasteiger partial charge in [0.2, 0.25) is 5.91 Å². The van der Waals surface area contributed by atoms with Gasteiger partial charge in [0, 0.05) is 37.7 Å². The second-order valence-electron chi connectivity index (χ2n) is 7.17. The van der Waals surface area contributed by atoms with Crippen molar-refractivity contribution in [3.05, 3.63) is 53.6 Å². The van der Waals surface area contributed by atoms with Crippen LogP contribution in [0.4, 0.5) is 5.69 Å². The molecule has 1 aliphatic rings. The van der Waals surface area contributed by atoms with Gasteiger partial charge in [0.25, 0.3) is 11.8 Å². The van der Waals surface area contributed by atoms with Crippen molar-refractivity contribution in [2.75, 3.05) is 39.2 Å². The Labute approximate surface area is 181 Å². The maximum absolute atomic E-state index is 13.0. The number of rotatable bonds is 8. The molecule has 2 N–H and O–H groups in total. The van der Waals surface area contributed by atoms with Crippen molar-refractivity contribution in [2.24, 2.45) is 0 Å². The van der Waals surface area contributed by atoms with E-state index in [1.54, 1.807) is 41.3 Å². The van der Waals surface area contributed by atoms with Gasteiger partial charge in [-0.3, -0.25) is 14.4 Å². The van der Waals surface area contributed by atoms with Gasteiger partial charge < -0.3 is 25.0 Å². The fraction of sp³-hybridized carbons (Fsp3) is 0.348. The number of ether oxygens (including phenoxy) is 2. The van der Waals surface area contributed by atoms with Crippen LogP contribution in [0.5, 0.6) is 11.5 Å². The van der Waals surface area contributed by atoms with E-state index in [0.717, 1.165) is 12.8 Å². The lowest BCUT2D eigenvalue weighted by atomic mass is 10.1. The average Bonchev–Trinajstić information content (AvgIpc) is 3.33. The van der Waals surface area contributed by atoms with Crippen LogP contribution in [0, 0.1) is 0 Å². The molecule has 0 saturated carbocycles. The molecule has 0 atom stereocenters. The van der Waals surface area contributed by atoms with Crippen LogP contribution in [0.25, 0.3) is 0 Å². The van der Waals surface area contributed by atoms with Crippen molar-refractivity contribution in [1.29, 1.82) is 0 Å². The smallest absolute Gasteiger partial charge is 0.256 e. The summed E-state index contributed by atoms with van der Waals surface area (Å²) in [6.07, 6.45) is 1.98. The number of benzene rings is 2. The highest BCUT2D eigenvalue weighted by atomic mass is 16.5. The number of carbonyl (C=O) groups is 3. The third kappa shape index (κ3) is 5.53. The maximum atomic E-state index is 13.0. The molecule has 0 spiro atoms. The Hall–Kier alpha value is -3.55. The normalized spacial score (nSPS) is 12.9. The Morgan fingerprint density at radius 2 is 1.61 bits per heavy atom. The first-order valence-corrected chi connectivity index (χ1v) is 10.2. The lowest BCUT2D eigenvalue weighted by Crippen LogP contribution is -2.30. The van der Waals surface area contributed by atoms with Crippen LogP contribution < -0.4 is 20.1 Å². The van der Waals surface area contributed by atoms with Crippen LogP contribution in [0.15, 0.2) is 42.5 Å². The Bertz CT molecular complexity index is 940. The third-order valence-corrected chi connectivity index (χ3v) is 5.10. The lowest BCUT2D eigenvalue weighted by molar-refractivity contribution is -0.116. The highest BCUT2D eigenvalue weighted by Crippen LogP contribution is 2.34. The number of anilines is 1. The summed E-state index contributed by atoms with van der Waals surface area (Å²) in [5.41, 5.74) is 1.23. The number of hydrogen-bond donors (Lipinski definition) is 2. The molecule has 0 unspecified atom stereocenters. The number of hydrogen-bond acceptors (Lipinski definition) is 5.